The largest absolute Gasteiger partial charge is 0.453 e. The van der Waals surface area contributed by atoms with Crippen molar-refractivity contribution in [1.29, 1.82) is 0 Å². The molecule has 0 amide bonds. The zero-order valence-corrected chi connectivity index (χ0v) is 10.5. The average Bonchev–Trinajstić information content (AvgIpc) is 2.54. The minimum absolute atomic E-state index is 0.256. The molecule has 1 fully saturated rings. The second kappa shape index (κ2) is 5.97. The molecule has 0 saturated carbocycles. The highest BCUT2D eigenvalue weighted by molar-refractivity contribution is 5.67. The van der Waals surface area contributed by atoms with Crippen molar-refractivity contribution < 1.29 is 28.5 Å². The second-order valence-corrected chi connectivity index (χ2v) is 3.83. The van der Waals surface area contributed by atoms with E-state index in [4.69, 9.17) is 18.9 Å². The third-order valence-electron chi connectivity index (χ3n) is 2.53. The molecule has 1 aliphatic rings. The van der Waals surface area contributed by atoms with E-state index < -0.39 is 30.4 Å². The lowest BCUT2D eigenvalue weighted by Crippen LogP contribution is -2.39. The Morgan fingerprint density at radius 3 is 2.12 bits per heavy atom. The molecular formula is C11H18O6. The number of methoxy groups -OCH3 is 1. The number of carbonyl (C=O) groups excluding carboxylic acids is 2. The van der Waals surface area contributed by atoms with E-state index in [0.29, 0.717) is 6.42 Å². The summed E-state index contributed by atoms with van der Waals surface area (Å²) in [6.45, 7) is 4.48. The SMILES string of the molecule is CC[C@H]1OC(OC(C)=O)[C@H](OC(C)=O)[C@@H]1OC. The normalized spacial score (nSPS) is 32.2. The van der Waals surface area contributed by atoms with Crippen LogP contribution in [0.4, 0.5) is 0 Å². The van der Waals surface area contributed by atoms with Crippen LogP contribution in [-0.4, -0.2) is 43.7 Å². The van der Waals surface area contributed by atoms with Crippen molar-refractivity contribution in [2.75, 3.05) is 7.11 Å². The Balaban J connectivity index is 2.80. The first-order chi connectivity index (χ1) is 7.99. The fourth-order valence-electron chi connectivity index (χ4n) is 1.88. The van der Waals surface area contributed by atoms with Crippen LogP contribution in [0.3, 0.4) is 0 Å². The van der Waals surface area contributed by atoms with Gasteiger partial charge in [0, 0.05) is 21.0 Å². The molecule has 4 atom stereocenters. The number of esters is 2. The summed E-state index contributed by atoms with van der Waals surface area (Å²) < 4.78 is 20.8. The van der Waals surface area contributed by atoms with Crippen molar-refractivity contribution in [2.45, 2.75) is 51.8 Å². The lowest BCUT2D eigenvalue weighted by molar-refractivity contribution is -0.195. The predicted molar refractivity (Wildman–Crippen MR) is 57.1 cm³/mol. The van der Waals surface area contributed by atoms with Crippen LogP contribution in [-0.2, 0) is 28.5 Å². The minimum Gasteiger partial charge on any atom is -0.453 e. The standard InChI is InChI=1S/C11H18O6/c1-5-8-9(14-4)10(15-6(2)12)11(17-8)16-7(3)13/h8-11H,5H2,1-4H3/t8-,9-,10-,11?/m1/s1. The number of hydrogen-bond donors (Lipinski definition) is 0. The van der Waals surface area contributed by atoms with Gasteiger partial charge in [0.05, 0.1) is 6.10 Å². The highest BCUT2D eigenvalue weighted by atomic mass is 16.7. The first-order valence-corrected chi connectivity index (χ1v) is 5.52. The maximum absolute atomic E-state index is 11.0. The molecule has 0 aromatic carbocycles. The average molecular weight is 246 g/mol. The number of ether oxygens (including phenoxy) is 4. The van der Waals surface area contributed by atoms with E-state index in [9.17, 15) is 9.59 Å². The van der Waals surface area contributed by atoms with Crippen LogP contribution in [0.15, 0.2) is 0 Å². The third-order valence-corrected chi connectivity index (χ3v) is 2.53. The molecule has 6 heteroatoms. The predicted octanol–water partition coefficient (Wildman–Crippen LogP) is 0.631. The van der Waals surface area contributed by atoms with Gasteiger partial charge in [-0.05, 0) is 6.42 Å². The van der Waals surface area contributed by atoms with E-state index in [1.54, 1.807) is 0 Å². The number of hydrogen-bond acceptors (Lipinski definition) is 6. The molecular weight excluding hydrogens is 228 g/mol. The van der Waals surface area contributed by atoms with Gasteiger partial charge in [-0.1, -0.05) is 6.92 Å². The van der Waals surface area contributed by atoms with Gasteiger partial charge in [0.1, 0.15) is 6.10 Å². The monoisotopic (exact) mass is 246 g/mol. The van der Waals surface area contributed by atoms with Crippen LogP contribution in [0, 0.1) is 0 Å². The van der Waals surface area contributed by atoms with Crippen molar-refractivity contribution in [3.05, 3.63) is 0 Å². The molecule has 0 aromatic rings. The van der Waals surface area contributed by atoms with Crippen molar-refractivity contribution in [3.63, 3.8) is 0 Å². The Labute approximate surface area is 100 Å². The molecule has 1 heterocycles. The van der Waals surface area contributed by atoms with Crippen LogP contribution in [0.5, 0.6) is 0 Å². The van der Waals surface area contributed by atoms with Gasteiger partial charge in [-0.3, -0.25) is 9.59 Å². The van der Waals surface area contributed by atoms with Gasteiger partial charge in [-0.2, -0.15) is 0 Å². The molecule has 98 valence electrons. The summed E-state index contributed by atoms with van der Waals surface area (Å²) in [4.78, 5) is 22.0. The molecule has 1 rings (SSSR count). The summed E-state index contributed by atoms with van der Waals surface area (Å²) in [6.07, 6.45) is -1.62. The highest BCUT2D eigenvalue weighted by Crippen LogP contribution is 2.29. The third kappa shape index (κ3) is 3.41. The fraction of sp³-hybridized carbons (Fsp3) is 0.818. The van der Waals surface area contributed by atoms with E-state index in [2.05, 4.69) is 0 Å². The van der Waals surface area contributed by atoms with E-state index in [-0.39, 0.29) is 6.10 Å². The van der Waals surface area contributed by atoms with Crippen LogP contribution in [0.25, 0.3) is 0 Å². The molecule has 0 aromatic heterocycles. The van der Waals surface area contributed by atoms with Crippen LogP contribution < -0.4 is 0 Å². The maximum Gasteiger partial charge on any atom is 0.305 e. The molecule has 0 aliphatic carbocycles. The van der Waals surface area contributed by atoms with Crippen LogP contribution in [0.1, 0.15) is 27.2 Å². The summed E-state index contributed by atoms with van der Waals surface area (Å²) in [5, 5.41) is 0. The van der Waals surface area contributed by atoms with Gasteiger partial charge in [0.15, 0.2) is 6.10 Å². The van der Waals surface area contributed by atoms with Gasteiger partial charge < -0.3 is 18.9 Å². The molecule has 0 radical (unpaired) electrons. The Hall–Kier alpha value is -1.14. The van der Waals surface area contributed by atoms with E-state index >= 15 is 0 Å². The smallest absolute Gasteiger partial charge is 0.305 e. The van der Waals surface area contributed by atoms with Crippen molar-refractivity contribution in [1.82, 2.24) is 0 Å². The summed E-state index contributed by atoms with van der Waals surface area (Å²) in [6, 6.07) is 0. The first kappa shape index (κ1) is 13.9. The summed E-state index contributed by atoms with van der Waals surface area (Å²) in [5.74, 6) is -0.951. The first-order valence-electron chi connectivity index (χ1n) is 5.52. The molecule has 6 nitrogen and oxygen atoms in total. The molecule has 1 unspecified atom stereocenters. The Morgan fingerprint density at radius 2 is 1.71 bits per heavy atom. The van der Waals surface area contributed by atoms with Crippen molar-refractivity contribution >= 4 is 11.9 Å². The quantitative estimate of drug-likeness (QED) is 0.677. The van der Waals surface area contributed by atoms with Gasteiger partial charge in [-0.15, -0.1) is 0 Å². The second-order valence-electron chi connectivity index (χ2n) is 3.83. The highest BCUT2D eigenvalue weighted by Gasteiger charge is 2.48. The lowest BCUT2D eigenvalue weighted by atomic mass is 10.1. The molecule has 0 spiro atoms. The van der Waals surface area contributed by atoms with Gasteiger partial charge >= 0.3 is 11.9 Å². The number of rotatable bonds is 4. The van der Waals surface area contributed by atoms with Crippen LogP contribution >= 0.6 is 0 Å². The number of carbonyl (C=O) groups is 2. The van der Waals surface area contributed by atoms with E-state index in [1.165, 1.54) is 21.0 Å². The summed E-state index contributed by atoms with van der Waals surface area (Å²) >= 11 is 0. The van der Waals surface area contributed by atoms with Crippen molar-refractivity contribution in [3.8, 4) is 0 Å². The summed E-state index contributed by atoms with van der Waals surface area (Å²) in [7, 11) is 1.50. The van der Waals surface area contributed by atoms with Gasteiger partial charge in [0.2, 0.25) is 6.29 Å². The Kier molecular flexibility index (Phi) is 4.89. The van der Waals surface area contributed by atoms with Crippen LogP contribution in [0.2, 0.25) is 0 Å². The fourth-order valence-corrected chi connectivity index (χ4v) is 1.88. The van der Waals surface area contributed by atoms with E-state index in [0.717, 1.165) is 0 Å². The maximum atomic E-state index is 11.0. The van der Waals surface area contributed by atoms with E-state index in [1.807, 2.05) is 6.92 Å². The molecule has 17 heavy (non-hydrogen) atoms. The molecule has 0 N–H and O–H groups in total. The Morgan fingerprint density at radius 1 is 1.12 bits per heavy atom. The molecule has 0 bridgehead atoms. The van der Waals surface area contributed by atoms with Gasteiger partial charge in [0.25, 0.3) is 0 Å². The summed E-state index contributed by atoms with van der Waals surface area (Å²) in [5.41, 5.74) is 0. The zero-order chi connectivity index (χ0) is 13.0. The molecule has 1 saturated heterocycles. The van der Waals surface area contributed by atoms with Crippen molar-refractivity contribution in [2.24, 2.45) is 0 Å². The van der Waals surface area contributed by atoms with Gasteiger partial charge in [-0.25, -0.2) is 0 Å². The zero-order valence-electron chi connectivity index (χ0n) is 10.5. The topological polar surface area (TPSA) is 71.1 Å². The Bertz CT molecular complexity index is 290. The minimum atomic E-state index is -0.897. The molecule has 1 aliphatic heterocycles. The lowest BCUT2D eigenvalue weighted by Gasteiger charge is -2.21.